The van der Waals surface area contributed by atoms with Crippen LogP contribution < -0.4 is 10.6 Å². The lowest BCUT2D eigenvalue weighted by molar-refractivity contribution is -0.122. The fourth-order valence-electron chi connectivity index (χ4n) is 1.14. The summed E-state index contributed by atoms with van der Waals surface area (Å²) >= 11 is 0. The van der Waals surface area contributed by atoms with E-state index in [2.05, 4.69) is 10.6 Å². The predicted molar refractivity (Wildman–Crippen MR) is 58.9 cm³/mol. The van der Waals surface area contributed by atoms with E-state index in [4.69, 9.17) is 4.42 Å². The van der Waals surface area contributed by atoms with Gasteiger partial charge >= 0.3 is 0 Å². The van der Waals surface area contributed by atoms with Gasteiger partial charge in [-0.2, -0.15) is 0 Å². The Morgan fingerprint density at radius 2 is 2.25 bits per heavy atom. The van der Waals surface area contributed by atoms with Gasteiger partial charge < -0.3 is 15.1 Å². The van der Waals surface area contributed by atoms with Gasteiger partial charge in [-0.3, -0.25) is 9.59 Å². The zero-order valence-corrected chi connectivity index (χ0v) is 9.45. The van der Waals surface area contributed by atoms with Gasteiger partial charge in [-0.1, -0.05) is 6.92 Å². The van der Waals surface area contributed by atoms with Gasteiger partial charge in [0.2, 0.25) is 5.91 Å². The SMILES string of the molecule is CCCNC(=O)C(C)NC(=O)c1ccoc1. The molecule has 0 saturated carbocycles. The molecule has 0 saturated heterocycles. The van der Waals surface area contributed by atoms with Gasteiger partial charge in [0.05, 0.1) is 11.8 Å². The fraction of sp³-hybridized carbons (Fsp3) is 0.455. The molecule has 0 fully saturated rings. The third-order valence-electron chi connectivity index (χ3n) is 2.07. The molecule has 1 atom stereocenters. The Morgan fingerprint density at radius 3 is 2.81 bits per heavy atom. The lowest BCUT2D eigenvalue weighted by Gasteiger charge is -2.12. The Morgan fingerprint density at radius 1 is 1.50 bits per heavy atom. The summed E-state index contributed by atoms with van der Waals surface area (Å²) in [6.45, 7) is 4.22. The first-order chi connectivity index (χ1) is 7.65. The zero-order valence-electron chi connectivity index (χ0n) is 9.45. The summed E-state index contributed by atoms with van der Waals surface area (Å²) in [6, 6.07) is 1.00. The van der Waals surface area contributed by atoms with Crippen molar-refractivity contribution in [3.05, 3.63) is 24.2 Å². The summed E-state index contributed by atoms with van der Waals surface area (Å²) in [5.74, 6) is -0.494. The number of carbonyl (C=O) groups excluding carboxylic acids is 2. The highest BCUT2D eigenvalue weighted by atomic mass is 16.3. The van der Waals surface area contributed by atoms with Crippen LogP contribution in [0, 0.1) is 0 Å². The molecule has 1 aromatic heterocycles. The standard InChI is InChI=1S/C11H16N2O3/c1-3-5-12-10(14)8(2)13-11(15)9-4-6-16-7-9/h4,6-8H,3,5H2,1-2H3,(H,12,14)(H,13,15). The number of hydrogen-bond acceptors (Lipinski definition) is 3. The molecule has 1 unspecified atom stereocenters. The first-order valence-electron chi connectivity index (χ1n) is 5.26. The second kappa shape index (κ2) is 5.95. The molecule has 5 heteroatoms. The predicted octanol–water partition coefficient (Wildman–Crippen LogP) is 0.924. The maximum Gasteiger partial charge on any atom is 0.255 e. The van der Waals surface area contributed by atoms with Gasteiger partial charge in [0, 0.05) is 6.54 Å². The van der Waals surface area contributed by atoms with Crippen LogP contribution >= 0.6 is 0 Å². The van der Waals surface area contributed by atoms with Crippen molar-refractivity contribution < 1.29 is 14.0 Å². The van der Waals surface area contributed by atoms with Crippen molar-refractivity contribution in [1.29, 1.82) is 0 Å². The topological polar surface area (TPSA) is 71.3 Å². The van der Waals surface area contributed by atoms with E-state index in [-0.39, 0.29) is 11.8 Å². The molecule has 2 N–H and O–H groups in total. The molecule has 5 nitrogen and oxygen atoms in total. The van der Waals surface area contributed by atoms with Crippen LogP contribution in [0.3, 0.4) is 0 Å². The van der Waals surface area contributed by atoms with E-state index in [0.29, 0.717) is 12.1 Å². The van der Waals surface area contributed by atoms with Crippen LogP contribution in [0.5, 0.6) is 0 Å². The maximum absolute atomic E-state index is 11.5. The first kappa shape index (κ1) is 12.3. The van der Waals surface area contributed by atoms with Crippen molar-refractivity contribution in [1.82, 2.24) is 10.6 Å². The second-order valence-corrected chi connectivity index (χ2v) is 3.50. The number of amides is 2. The number of hydrogen-bond donors (Lipinski definition) is 2. The molecule has 0 aliphatic carbocycles. The molecule has 0 aliphatic heterocycles. The minimum Gasteiger partial charge on any atom is -0.472 e. The summed E-state index contributed by atoms with van der Waals surface area (Å²) in [5.41, 5.74) is 0.412. The lowest BCUT2D eigenvalue weighted by Crippen LogP contribution is -2.44. The Hall–Kier alpha value is -1.78. The number of nitrogens with one attached hydrogen (secondary N) is 2. The zero-order chi connectivity index (χ0) is 12.0. The number of furan rings is 1. The molecular formula is C11H16N2O3. The molecule has 0 aliphatic rings. The van der Waals surface area contributed by atoms with E-state index in [9.17, 15) is 9.59 Å². The molecule has 1 aromatic rings. The quantitative estimate of drug-likeness (QED) is 0.781. The van der Waals surface area contributed by atoms with Crippen molar-refractivity contribution in [2.45, 2.75) is 26.3 Å². The van der Waals surface area contributed by atoms with Crippen molar-refractivity contribution in [3.63, 3.8) is 0 Å². The van der Waals surface area contributed by atoms with Crippen molar-refractivity contribution in [2.24, 2.45) is 0 Å². The van der Waals surface area contributed by atoms with Crippen molar-refractivity contribution in [3.8, 4) is 0 Å². The molecule has 88 valence electrons. The minimum atomic E-state index is -0.547. The normalized spacial score (nSPS) is 11.9. The monoisotopic (exact) mass is 224 g/mol. The maximum atomic E-state index is 11.5. The van der Waals surface area contributed by atoms with Gasteiger partial charge in [-0.15, -0.1) is 0 Å². The largest absolute Gasteiger partial charge is 0.472 e. The molecule has 1 heterocycles. The smallest absolute Gasteiger partial charge is 0.255 e. The van der Waals surface area contributed by atoms with Crippen LogP contribution in [0.25, 0.3) is 0 Å². The Labute approximate surface area is 94.2 Å². The van der Waals surface area contributed by atoms with Gasteiger partial charge in [0.1, 0.15) is 12.3 Å². The summed E-state index contributed by atoms with van der Waals surface area (Å²) in [7, 11) is 0. The van der Waals surface area contributed by atoms with E-state index in [1.54, 1.807) is 13.0 Å². The Kier molecular flexibility index (Phi) is 4.57. The highest BCUT2D eigenvalue weighted by Gasteiger charge is 2.16. The molecule has 0 spiro atoms. The number of carbonyl (C=O) groups is 2. The van der Waals surface area contributed by atoms with E-state index >= 15 is 0 Å². The highest BCUT2D eigenvalue weighted by molar-refractivity contribution is 5.97. The lowest BCUT2D eigenvalue weighted by atomic mass is 10.2. The van der Waals surface area contributed by atoms with Crippen LogP contribution in [0.2, 0.25) is 0 Å². The van der Waals surface area contributed by atoms with Gasteiger partial charge in [-0.25, -0.2) is 0 Å². The second-order valence-electron chi connectivity index (χ2n) is 3.50. The Balaban J connectivity index is 2.42. The molecule has 0 radical (unpaired) electrons. The molecule has 16 heavy (non-hydrogen) atoms. The Bertz CT molecular complexity index is 346. The highest BCUT2D eigenvalue weighted by Crippen LogP contribution is 1.99. The molecular weight excluding hydrogens is 208 g/mol. The average molecular weight is 224 g/mol. The molecule has 1 rings (SSSR count). The summed E-state index contributed by atoms with van der Waals surface area (Å²) in [6.07, 6.45) is 3.62. The average Bonchev–Trinajstić information content (AvgIpc) is 2.79. The van der Waals surface area contributed by atoms with Crippen LogP contribution in [0.4, 0.5) is 0 Å². The van der Waals surface area contributed by atoms with Crippen LogP contribution in [-0.4, -0.2) is 24.4 Å². The minimum absolute atomic E-state index is 0.182. The van der Waals surface area contributed by atoms with E-state index in [1.807, 2.05) is 6.92 Å². The summed E-state index contributed by atoms with van der Waals surface area (Å²) in [4.78, 5) is 23.0. The van der Waals surface area contributed by atoms with Gasteiger partial charge in [0.25, 0.3) is 5.91 Å². The summed E-state index contributed by atoms with van der Waals surface area (Å²) < 4.78 is 4.78. The third kappa shape index (κ3) is 3.42. The van der Waals surface area contributed by atoms with Crippen LogP contribution in [0.1, 0.15) is 30.6 Å². The number of rotatable bonds is 5. The molecule has 2 amide bonds. The van der Waals surface area contributed by atoms with E-state index in [0.717, 1.165) is 6.42 Å². The van der Waals surface area contributed by atoms with Gasteiger partial charge in [-0.05, 0) is 19.4 Å². The van der Waals surface area contributed by atoms with Crippen molar-refractivity contribution in [2.75, 3.05) is 6.54 Å². The van der Waals surface area contributed by atoms with Crippen LogP contribution in [0.15, 0.2) is 23.0 Å². The molecule has 0 aromatic carbocycles. The van der Waals surface area contributed by atoms with Gasteiger partial charge in [0.15, 0.2) is 0 Å². The van der Waals surface area contributed by atoms with Crippen LogP contribution in [-0.2, 0) is 4.79 Å². The first-order valence-corrected chi connectivity index (χ1v) is 5.26. The van der Waals surface area contributed by atoms with E-state index in [1.165, 1.54) is 12.5 Å². The molecule has 0 bridgehead atoms. The van der Waals surface area contributed by atoms with Crippen molar-refractivity contribution >= 4 is 11.8 Å². The summed E-state index contributed by atoms with van der Waals surface area (Å²) in [5, 5.41) is 5.29. The van der Waals surface area contributed by atoms with E-state index < -0.39 is 6.04 Å². The fourth-order valence-corrected chi connectivity index (χ4v) is 1.14. The third-order valence-corrected chi connectivity index (χ3v) is 2.07.